The van der Waals surface area contributed by atoms with E-state index in [0.717, 1.165) is 23.0 Å². The molecule has 4 heteroatoms. The monoisotopic (exact) mass is 258 g/mol. The zero-order chi connectivity index (χ0) is 13.4. The van der Waals surface area contributed by atoms with Crippen LogP contribution in [0.4, 0.5) is 0 Å². The summed E-state index contributed by atoms with van der Waals surface area (Å²) in [6.45, 7) is 5.56. The molecule has 0 spiro atoms. The lowest BCUT2D eigenvalue weighted by Gasteiger charge is -2.22. The molecular formula is C14H14N2OS. The number of hydrogen-bond donors (Lipinski definition) is 0. The van der Waals surface area contributed by atoms with Crippen molar-refractivity contribution in [3.8, 4) is 5.40 Å². The molecule has 1 aromatic carbocycles. The molecule has 1 amide bonds. The van der Waals surface area contributed by atoms with E-state index in [0.29, 0.717) is 6.54 Å². The van der Waals surface area contributed by atoms with Crippen molar-refractivity contribution in [2.24, 2.45) is 0 Å². The van der Waals surface area contributed by atoms with Gasteiger partial charge in [-0.25, -0.2) is 0 Å². The highest BCUT2D eigenvalue weighted by Gasteiger charge is 2.14. The summed E-state index contributed by atoms with van der Waals surface area (Å²) in [5.74, 6) is -0.0801. The van der Waals surface area contributed by atoms with Crippen molar-refractivity contribution in [3.05, 3.63) is 54.0 Å². The third-order valence-corrected chi connectivity index (χ3v) is 2.72. The quantitative estimate of drug-likeness (QED) is 0.601. The van der Waals surface area contributed by atoms with Gasteiger partial charge in [-0.05, 0) is 17.3 Å². The van der Waals surface area contributed by atoms with E-state index >= 15 is 0 Å². The van der Waals surface area contributed by atoms with Crippen molar-refractivity contribution >= 4 is 23.4 Å². The van der Waals surface area contributed by atoms with Crippen LogP contribution in [-0.2, 0) is 4.79 Å². The molecule has 0 atom stereocenters. The van der Waals surface area contributed by atoms with E-state index in [-0.39, 0.29) is 5.91 Å². The van der Waals surface area contributed by atoms with Gasteiger partial charge in [-0.1, -0.05) is 36.4 Å². The Morgan fingerprint density at radius 1 is 1.50 bits per heavy atom. The summed E-state index contributed by atoms with van der Waals surface area (Å²) in [6, 6.07) is 9.51. The number of hydrogen-bond acceptors (Lipinski definition) is 3. The fourth-order valence-corrected chi connectivity index (χ4v) is 1.93. The Balaban J connectivity index is 3.16. The van der Waals surface area contributed by atoms with E-state index in [1.54, 1.807) is 16.4 Å². The first-order chi connectivity index (χ1) is 8.70. The SMILES string of the molecule is C=CCN(C(C)=O)/C(=C/SC#N)c1ccccc1. The lowest BCUT2D eigenvalue weighted by Crippen LogP contribution is -2.27. The number of carbonyl (C=O) groups excluding carboxylic acids is 1. The van der Waals surface area contributed by atoms with Crippen LogP contribution in [0.5, 0.6) is 0 Å². The minimum atomic E-state index is -0.0801. The van der Waals surface area contributed by atoms with E-state index in [1.165, 1.54) is 6.92 Å². The maximum atomic E-state index is 11.7. The third-order valence-electron chi connectivity index (χ3n) is 2.28. The van der Waals surface area contributed by atoms with E-state index in [2.05, 4.69) is 6.58 Å². The van der Waals surface area contributed by atoms with Crippen LogP contribution in [0, 0.1) is 10.7 Å². The van der Waals surface area contributed by atoms with Crippen LogP contribution in [0.25, 0.3) is 5.70 Å². The van der Waals surface area contributed by atoms with Gasteiger partial charge < -0.3 is 4.90 Å². The second-order valence-corrected chi connectivity index (χ2v) is 4.15. The van der Waals surface area contributed by atoms with Crippen LogP contribution in [0.1, 0.15) is 12.5 Å². The minimum Gasteiger partial charge on any atom is -0.308 e. The largest absolute Gasteiger partial charge is 0.308 e. The summed E-state index contributed by atoms with van der Waals surface area (Å²) in [7, 11) is 0. The highest BCUT2D eigenvalue weighted by atomic mass is 32.2. The first kappa shape index (κ1) is 14.1. The highest BCUT2D eigenvalue weighted by Crippen LogP contribution is 2.22. The second kappa shape index (κ2) is 7.36. The van der Waals surface area contributed by atoms with Crippen LogP contribution in [0.3, 0.4) is 0 Å². The summed E-state index contributed by atoms with van der Waals surface area (Å²) in [5, 5.41) is 12.3. The van der Waals surface area contributed by atoms with Crippen LogP contribution in [0.15, 0.2) is 48.4 Å². The lowest BCUT2D eigenvalue weighted by atomic mass is 10.1. The lowest BCUT2D eigenvalue weighted by molar-refractivity contribution is -0.125. The summed E-state index contributed by atoms with van der Waals surface area (Å²) in [6.07, 6.45) is 1.66. The van der Waals surface area contributed by atoms with E-state index in [9.17, 15) is 4.79 Å². The summed E-state index contributed by atoms with van der Waals surface area (Å²) >= 11 is 0.998. The Labute approximate surface area is 111 Å². The van der Waals surface area contributed by atoms with Gasteiger partial charge in [-0.15, -0.1) is 6.58 Å². The van der Waals surface area contributed by atoms with Gasteiger partial charge in [0.1, 0.15) is 5.40 Å². The Morgan fingerprint density at radius 3 is 2.67 bits per heavy atom. The summed E-state index contributed by atoms with van der Waals surface area (Å²) in [5.41, 5.74) is 1.62. The van der Waals surface area contributed by atoms with Gasteiger partial charge in [0, 0.05) is 18.9 Å². The first-order valence-electron chi connectivity index (χ1n) is 5.40. The molecule has 0 saturated carbocycles. The second-order valence-electron chi connectivity index (χ2n) is 3.50. The summed E-state index contributed by atoms with van der Waals surface area (Å²) < 4.78 is 0. The molecule has 1 rings (SSSR count). The number of thiocyanates is 1. The number of nitrogens with zero attached hydrogens (tertiary/aromatic N) is 2. The highest BCUT2D eigenvalue weighted by molar-refractivity contribution is 8.06. The van der Waals surface area contributed by atoms with Gasteiger partial charge in [0.05, 0.1) is 5.70 Å². The maximum absolute atomic E-state index is 11.7. The molecule has 0 N–H and O–H groups in total. The zero-order valence-corrected chi connectivity index (χ0v) is 11.0. The van der Waals surface area contributed by atoms with Crippen molar-refractivity contribution in [1.29, 1.82) is 5.26 Å². The molecule has 18 heavy (non-hydrogen) atoms. The zero-order valence-electron chi connectivity index (χ0n) is 10.2. The molecule has 0 bridgehead atoms. The average molecular weight is 258 g/mol. The Hall–Kier alpha value is -1.99. The molecule has 1 aromatic rings. The smallest absolute Gasteiger partial charge is 0.224 e. The minimum absolute atomic E-state index is 0.0801. The molecule has 0 radical (unpaired) electrons. The Kier molecular flexibility index (Phi) is 5.75. The first-order valence-corrected chi connectivity index (χ1v) is 6.28. The number of carbonyl (C=O) groups is 1. The van der Waals surface area contributed by atoms with Crippen molar-refractivity contribution in [3.63, 3.8) is 0 Å². The number of rotatable bonds is 5. The van der Waals surface area contributed by atoms with Crippen molar-refractivity contribution in [2.75, 3.05) is 6.54 Å². The fraction of sp³-hybridized carbons (Fsp3) is 0.143. The van der Waals surface area contributed by atoms with Crippen LogP contribution < -0.4 is 0 Å². The van der Waals surface area contributed by atoms with Crippen molar-refractivity contribution in [1.82, 2.24) is 4.90 Å². The van der Waals surface area contributed by atoms with Crippen LogP contribution >= 0.6 is 11.8 Å². The standard InChI is InChI=1S/C14H14N2OS/c1-3-9-16(12(2)17)14(10-18-11-15)13-7-5-4-6-8-13/h3-8,10H,1,9H2,2H3/b14-10+. The van der Waals surface area contributed by atoms with Gasteiger partial charge in [-0.2, -0.15) is 5.26 Å². The Morgan fingerprint density at radius 2 is 2.17 bits per heavy atom. The van der Waals surface area contributed by atoms with Gasteiger partial charge in [0.25, 0.3) is 0 Å². The van der Waals surface area contributed by atoms with E-state index in [1.807, 2.05) is 35.7 Å². The average Bonchev–Trinajstić information content (AvgIpc) is 2.39. The van der Waals surface area contributed by atoms with Gasteiger partial charge in [-0.3, -0.25) is 4.79 Å². The molecule has 0 unspecified atom stereocenters. The molecular weight excluding hydrogens is 244 g/mol. The van der Waals surface area contributed by atoms with Gasteiger partial charge in [0.2, 0.25) is 5.91 Å². The predicted octanol–water partition coefficient (Wildman–Crippen LogP) is 3.23. The van der Waals surface area contributed by atoms with E-state index in [4.69, 9.17) is 5.26 Å². The molecule has 0 aromatic heterocycles. The summed E-state index contributed by atoms with van der Waals surface area (Å²) in [4.78, 5) is 13.2. The van der Waals surface area contributed by atoms with Crippen LogP contribution in [-0.4, -0.2) is 17.4 Å². The normalized spacial score (nSPS) is 10.6. The molecule has 92 valence electrons. The number of amides is 1. The van der Waals surface area contributed by atoms with E-state index < -0.39 is 0 Å². The molecule has 0 saturated heterocycles. The molecule has 0 aliphatic rings. The molecule has 0 aliphatic carbocycles. The number of nitriles is 1. The number of thioether (sulfide) groups is 1. The van der Waals surface area contributed by atoms with Gasteiger partial charge in [0.15, 0.2) is 0 Å². The van der Waals surface area contributed by atoms with Gasteiger partial charge >= 0.3 is 0 Å². The number of benzene rings is 1. The molecule has 3 nitrogen and oxygen atoms in total. The predicted molar refractivity (Wildman–Crippen MR) is 75.2 cm³/mol. The molecule has 0 fully saturated rings. The molecule has 0 heterocycles. The maximum Gasteiger partial charge on any atom is 0.224 e. The van der Waals surface area contributed by atoms with Crippen LogP contribution in [0.2, 0.25) is 0 Å². The fourth-order valence-electron chi connectivity index (χ4n) is 1.50. The third kappa shape index (κ3) is 3.79. The van der Waals surface area contributed by atoms with Crippen molar-refractivity contribution in [2.45, 2.75) is 6.92 Å². The molecule has 0 aliphatic heterocycles. The topological polar surface area (TPSA) is 44.1 Å². The van der Waals surface area contributed by atoms with Crippen molar-refractivity contribution < 1.29 is 4.79 Å². The Bertz CT molecular complexity index is 488.